The number of hydrogen-bond donors (Lipinski definition) is 2. The molecule has 2 aromatic rings. The van der Waals surface area contributed by atoms with Crippen LogP contribution in [-0.4, -0.2) is 62.4 Å². The van der Waals surface area contributed by atoms with Crippen molar-refractivity contribution in [2.24, 2.45) is 5.92 Å². The zero-order valence-electron chi connectivity index (χ0n) is 18.3. The fourth-order valence-corrected chi connectivity index (χ4v) is 5.68. The summed E-state index contributed by atoms with van der Waals surface area (Å²) in [5.74, 6) is -0.417. The van der Waals surface area contributed by atoms with Crippen LogP contribution in [0.25, 0.3) is 11.0 Å². The average molecular weight is 440 g/mol. The fourth-order valence-electron chi connectivity index (χ4n) is 5.68. The molecule has 2 saturated heterocycles. The van der Waals surface area contributed by atoms with Crippen LogP contribution in [0.4, 0.5) is 4.79 Å². The van der Waals surface area contributed by atoms with Crippen LogP contribution in [0.15, 0.2) is 29.1 Å². The van der Waals surface area contributed by atoms with E-state index in [0.29, 0.717) is 32.4 Å². The van der Waals surface area contributed by atoms with Gasteiger partial charge in [-0.05, 0) is 43.7 Å². The zero-order valence-corrected chi connectivity index (χ0v) is 18.3. The van der Waals surface area contributed by atoms with Crippen molar-refractivity contribution in [3.63, 3.8) is 0 Å². The highest BCUT2D eigenvalue weighted by atomic mass is 16.2. The van der Waals surface area contributed by atoms with Crippen molar-refractivity contribution in [2.75, 3.05) is 19.6 Å². The van der Waals surface area contributed by atoms with Gasteiger partial charge >= 0.3 is 11.7 Å². The molecule has 9 nitrogen and oxygen atoms in total. The second-order valence-electron chi connectivity index (χ2n) is 9.37. The van der Waals surface area contributed by atoms with Gasteiger partial charge in [-0.1, -0.05) is 31.9 Å². The average Bonchev–Trinajstić information content (AvgIpc) is 3.24. The van der Waals surface area contributed by atoms with E-state index in [0.717, 1.165) is 35.2 Å². The molecular weight excluding hydrogens is 410 g/mol. The molecule has 1 saturated carbocycles. The topological polar surface area (TPSA) is 108 Å². The van der Waals surface area contributed by atoms with Gasteiger partial charge in [-0.3, -0.25) is 19.1 Å². The van der Waals surface area contributed by atoms with Crippen molar-refractivity contribution in [2.45, 2.75) is 57.0 Å². The van der Waals surface area contributed by atoms with Crippen molar-refractivity contribution in [1.82, 2.24) is 24.7 Å². The van der Waals surface area contributed by atoms with Crippen molar-refractivity contribution >= 4 is 28.9 Å². The molecule has 32 heavy (non-hydrogen) atoms. The molecule has 1 spiro atoms. The van der Waals surface area contributed by atoms with Gasteiger partial charge in [0, 0.05) is 19.1 Å². The molecule has 5 rings (SSSR count). The number of H-pyrrole nitrogens is 1. The van der Waals surface area contributed by atoms with Gasteiger partial charge in [0.15, 0.2) is 0 Å². The number of carbonyl (C=O) groups is 3. The second-order valence-corrected chi connectivity index (χ2v) is 9.37. The largest absolute Gasteiger partial charge is 0.341 e. The molecule has 1 aromatic heterocycles. The Morgan fingerprint density at radius 2 is 1.84 bits per heavy atom. The van der Waals surface area contributed by atoms with Crippen LogP contribution < -0.4 is 11.0 Å². The minimum atomic E-state index is -0.848. The highest BCUT2D eigenvalue weighted by Gasteiger charge is 2.55. The Labute approximate surface area is 185 Å². The Bertz CT molecular complexity index is 1130. The number of para-hydroxylation sites is 2. The van der Waals surface area contributed by atoms with Crippen molar-refractivity contribution in [3.05, 3.63) is 34.7 Å². The number of nitrogens with one attached hydrogen (secondary N) is 2. The van der Waals surface area contributed by atoms with Crippen LogP contribution in [-0.2, 0) is 9.59 Å². The second kappa shape index (κ2) is 7.79. The Hall–Kier alpha value is -3.10. The summed E-state index contributed by atoms with van der Waals surface area (Å²) in [6.07, 6.45) is 4.78. The summed E-state index contributed by atoms with van der Waals surface area (Å²) in [7, 11) is 0. The number of aromatic amines is 1. The van der Waals surface area contributed by atoms with Crippen molar-refractivity contribution < 1.29 is 14.4 Å². The number of imide groups is 1. The summed E-state index contributed by atoms with van der Waals surface area (Å²) in [6.45, 7) is 2.75. The first-order valence-electron chi connectivity index (χ1n) is 11.5. The number of aromatic nitrogens is 2. The number of benzene rings is 1. The molecule has 2 atom stereocenters. The molecular formula is C23H29N5O4. The highest BCUT2D eigenvalue weighted by Crippen LogP contribution is 2.38. The van der Waals surface area contributed by atoms with E-state index in [4.69, 9.17) is 0 Å². The molecule has 3 aliphatic rings. The van der Waals surface area contributed by atoms with E-state index in [9.17, 15) is 19.2 Å². The summed E-state index contributed by atoms with van der Waals surface area (Å²) >= 11 is 0. The standard InChI is InChI=1S/C23H29N5O4/c1-15-6-4-5-11-23(15)20(30)27(22(32)25-23)14-19(29)26-12-9-16(10-13-26)28-18-8-3-2-7-17(18)24-21(28)31/h2-3,7-8,15-16H,4-6,9-14H2,1H3,(H,24,31)(H,25,32). The molecule has 3 heterocycles. The molecule has 9 heteroatoms. The lowest BCUT2D eigenvalue weighted by Crippen LogP contribution is -2.54. The number of likely N-dealkylation sites (tertiary alicyclic amines) is 1. The Kier molecular flexibility index (Phi) is 5.06. The molecule has 0 radical (unpaired) electrons. The number of urea groups is 1. The third-order valence-corrected chi connectivity index (χ3v) is 7.60. The van der Waals surface area contributed by atoms with Gasteiger partial charge in [-0.2, -0.15) is 0 Å². The molecule has 2 unspecified atom stereocenters. The van der Waals surface area contributed by atoms with E-state index in [-0.39, 0.29) is 36.0 Å². The third kappa shape index (κ3) is 3.22. The van der Waals surface area contributed by atoms with E-state index in [1.807, 2.05) is 31.2 Å². The Morgan fingerprint density at radius 3 is 2.59 bits per heavy atom. The number of carbonyl (C=O) groups excluding carboxylic acids is 3. The van der Waals surface area contributed by atoms with Crippen LogP contribution in [0, 0.1) is 5.92 Å². The quantitative estimate of drug-likeness (QED) is 0.713. The van der Waals surface area contributed by atoms with E-state index >= 15 is 0 Å². The normalized spacial score (nSPS) is 26.8. The lowest BCUT2D eigenvalue weighted by molar-refractivity contribution is -0.141. The van der Waals surface area contributed by atoms with Crippen LogP contribution >= 0.6 is 0 Å². The molecule has 4 amide bonds. The summed E-state index contributed by atoms with van der Waals surface area (Å²) in [5, 5.41) is 2.90. The predicted molar refractivity (Wildman–Crippen MR) is 118 cm³/mol. The summed E-state index contributed by atoms with van der Waals surface area (Å²) < 4.78 is 1.78. The first kappa shape index (κ1) is 20.8. The first-order chi connectivity index (χ1) is 15.4. The molecule has 1 aliphatic carbocycles. The van der Waals surface area contributed by atoms with Crippen LogP contribution in [0.3, 0.4) is 0 Å². The number of rotatable bonds is 3. The molecule has 3 fully saturated rings. The highest BCUT2D eigenvalue weighted by molar-refractivity contribution is 6.09. The van der Waals surface area contributed by atoms with Gasteiger partial charge in [-0.15, -0.1) is 0 Å². The molecule has 0 bridgehead atoms. The van der Waals surface area contributed by atoms with Gasteiger partial charge in [0.1, 0.15) is 12.1 Å². The molecule has 2 N–H and O–H groups in total. The molecule has 170 valence electrons. The number of imidazole rings is 1. The smallest absolute Gasteiger partial charge is 0.326 e. The maximum atomic E-state index is 13.1. The number of hydrogen-bond acceptors (Lipinski definition) is 4. The summed E-state index contributed by atoms with van der Waals surface area (Å²) in [6, 6.07) is 7.14. The maximum Gasteiger partial charge on any atom is 0.326 e. The predicted octanol–water partition coefficient (Wildman–Crippen LogP) is 1.99. The lowest BCUT2D eigenvalue weighted by Gasteiger charge is -2.37. The fraction of sp³-hybridized carbons (Fsp3) is 0.565. The number of amides is 4. The number of piperidine rings is 1. The summed E-state index contributed by atoms with van der Waals surface area (Å²) in [4.78, 5) is 56.8. The van der Waals surface area contributed by atoms with Crippen LogP contribution in [0.2, 0.25) is 0 Å². The van der Waals surface area contributed by atoms with Gasteiger partial charge in [0.25, 0.3) is 5.91 Å². The minimum Gasteiger partial charge on any atom is -0.341 e. The summed E-state index contributed by atoms with van der Waals surface area (Å²) in [5.41, 5.74) is 0.690. The maximum absolute atomic E-state index is 13.1. The van der Waals surface area contributed by atoms with Crippen molar-refractivity contribution in [1.29, 1.82) is 0 Å². The van der Waals surface area contributed by atoms with Gasteiger partial charge in [-0.25, -0.2) is 9.59 Å². The van der Waals surface area contributed by atoms with Gasteiger partial charge in [0.05, 0.1) is 11.0 Å². The third-order valence-electron chi connectivity index (χ3n) is 7.60. The van der Waals surface area contributed by atoms with E-state index in [1.54, 1.807) is 9.47 Å². The first-order valence-corrected chi connectivity index (χ1v) is 11.5. The molecule has 2 aliphatic heterocycles. The monoisotopic (exact) mass is 439 g/mol. The number of nitrogens with zero attached hydrogens (tertiary/aromatic N) is 3. The molecule has 1 aromatic carbocycles. The van der Waals surface area contributed by atoms with E-state index in [2.05, 4.69) is 10.3 Å². The van der Waals surface area contributed by atoms with Gasteiger partial charge < -0.3 is 15.2 Å². The van der Waals surface area contributed by atoms with Crippen LogP contribution in [0.5, 0.6) is 0 Å². The van der Waals surface area contributed by atoms with Crippen molar-refractivity contribution in [3.8, 4) is 0 Å². The van der Waals surface area contributed by atoms with E-state index < -0.39 is 11.6 Å². The Balaban J connectivity index is 1.24. The number of fused-ring (bicyclic) bond motifs is 1. The zero-order chi connectivity index (χ0) is 22.5. The van der Waals surface area contributed by atoms with Crippen LogP contribution in [0.1, 0.15) is 51.5 Å². The minimum absolute atomic E-state index is 0.00535. The van der Waals surface area contributed by atoms with E-state index in [1.165, 1.54) is 0 Å². The van der Waals surface area contributed by atoms with Gasteiger partial charge in [0.2, 0.25) is 5.91 Å². The lowest BCUT2D eigenvalue weighted by atomic mass is 9.73. The Morgan fingerprint density at radius 1 is 1.09 bits per heavy atom. The SMILES string of the molecule is CC1CCCCC12NC(=O)N(CC(=O)N1CCC(n3c(=O)[nH]c4ccccc43)CC1)C2=O.